The molecule has 0 bridgehead atoms. The normalized spacial score (nSPS) is 13.3. The van der Waals surface area contributed by atoms with Crippen molar-refractivity contribution in [3.8, 4) is 0 Å². The second-order valence-corrected chi connectivity index (χ2v) is 5.96. The van der Waals surface area contributed by atoms with Gasteiger partial charge in [0.15, 0.2) is 0 Å². The molecule has 1 aliphatic rings. The van der Waals surface area contributed by atoms with Crippen molar-refractivity contribution in [1.82, 2.24) is 4.98 Å². The summed E-state index contributed by atoms with van der Waals surface area (Å²) < 4.78 is 0.696. The molecule has 0 saturated carbocycles. The number of nitrogens with two attached hydrogens (primary N) is 3. The maximum Gasteiger partial charge on any atom is 0.267 e. The van der Waals surface area contributed by atoms with E-state index in [0.717, 1.165) is 11.1 Å². The SMILES string of the molecule is CN1C(=S)c2cc(C(N)=O)nc3c(N)c(I)c(N)c1c23. The Morgan fingerprint density at radius 1 is 1.40 bits per heavy atom. The van der Waals surface area contributed by atoms with E-state index in [-0.39, 0.29) is 5.69 Å². The molecule has 1 aliphatic heterocycles. The number of nitrogens with zero attached hydrogens (tertiary/aromatic N) is 2. The summed E-state index contributed by atoms with van der Waals surface area (Å²) in [6.45, 7) is 0. The van der Waals surface area contributed by atoms with Crippen LogP contribution in [0.2, 0.25) is 0 Å². The highest BCUT2D eigenvalue weighted by atomic mass is 127. The molecule has 1 aromatic heterocycles. The first kappa shape index (κ1) is 13.3. The molecule has 1 aromatic carbocycles. The van der Waals surface area contributed by atoms with Crippen LogP contribution in [-0.4, -0.2) is 22.9 Å². The fourth-order valence-corrected chi connectivity index (χ4v) is 3.16. The zero-order valence-electron chi connectivity index (χ0n) is 10.4. The van der Waals surface area contributed by atoms with E-state index in [2.05, 4.69) is 27.6 Å². The number of hydrogen-bond donors (Lipinski definition) is 3. The number of anilines is 3. The Kier molecular flexibility index (Phi) is 2.77. The Labute approximate surface area is 133 Å². The number of thiocarbonyl (C=S) groups is 1. The van der Waals surface area contributed by atoms with Crippen LogP contribution in [0.15, 0.2) is 6.07 Å². The van der Waals surface area contributed by atoms with Crippen molar-refractivity contribution in [3.63, 3.8) is 0 Å². The van der Waals surface area contributed by atoms with Gasteiger partial charge in [0.25, 0.3) is 5.91 Å². The molecule has 0 aliphatic carbocycles. The van der Waals surface area contributed by atoms with Gasteiger partial charge in [-0.3, -0.25) is 4.79 Å². The minimum atomic E-state index is -0.617. The maximum atomic E-state index is 11.4. The van der Waals surface area contributed by atoms with Gasteiger partial charge in [-0.05, 0) is 28.7 Å². The number of nitrogen functional groups attached to an aromatic ring is 2. The number of amides is 1. The molecule has 1 amide bonds. The standard InChI is InChI=1S/C12H10IN5OS/c1-18-10-5-3(12(18)20)2-4(11(16)19)17-9(5)7(14)6(13)8(10)15/h2H,14-15H2,1H3,(H2,16,19). The second kappa shape index (κ2) is 4.16. The molecule has 0 atom stereocenters. The van der Waals surface area contributed by atoms with Gasteiger partial charge in [-0.1, -0.05) is 12.2 Å². The number of carbonyl (C=O) groups excluding carboxylic acids is 1. The molecule has 6 nitrogen and oxygen atoms in total. The maximum absolute atomic E-state index is 11.4. The fourth-order valence-electron chi connectivity index (χ4n) is 2.39. The topological polar surface area (TPSA) is 111 Å². The second-order valence-electron chi connectivity index (χ2n) is 4.50. The van der Waals surface area contributed by atoms with E-state index in [1.807, 2.05) is 7.05 Å². The van der Waals surface area contributed by atoms with Crippen LogP contribution in [-0.2, 0) is 0 Å². The molecule has 0 saturated heterocycles. The lowest BCUT2D eigenvalue weighted by Crippen LogP contribution is -2.21. The van der Waals surface area contributed by atoms with Crippen molar-refractivity contribution < 1.29 is 4.79 Å². The van der Waals surface area contributed by atoms with Crippen LogP contribution in [0.1, 0.15) is 16.1 Å². The van der Waals surface area contributed by atoms with E-state index < -0.39 is 5.91 Å². The first-order valence-corrected chi connectivity index (χ1v) is 7.12. The number of aromatic nitrogens is 1. The van der Waals surface area contributed by atoms with Crippen LogP contribution < -0.4 is 22.1 Å². The minimum Gasteiger partial charge on any atom is -0.396 e. The van der Waals surface area contributed by atoms with Crippen molar-refractivity contribution in [3.05, 3.63) is 20.9 Å². The number of benzene rings is 1. The Hall–Kier alpha value is -1.68. The van der Waals surface area contributed by atoms with E-state index >= 15 is 0 Å². The van der Waals surface area contributed by atoms with Gasteiger partial charge >= 0.3 is 0 Å². The van der Waals surface area contributed by atoms with Crippen molar-refractivity contribution in [2.45, 2.75) is 0 Å². The van der Waals surface area contributed by atoms with Crippen molar-refractivity contribution in [1.29, 1.82) is 0 Å². The summed E-state index contributed by atoms with van der Waals surface area (Å²) in [5.41, 5.74) is 20.7. The van der Waals surface area contributed by atoms with Crippen molar-refractivity contribution in [2.24, 2.45) is 5.73 Å². The van der Waals surface area contributed by atoms with E-state index in [1.54, 1.807) is 11.0 Å². The molecule has 0 unspecified atom stereocenters. The van der Waals surface area contributed by atoms with Gasteiger partial charge in [-0.25, -0.2) is 4.98 Å². The van der Waals surface area contributed by atoms with Gasteiger partial charge in [0.1, 0.15) is 10.7 Å². The number of hydrogen-bond acceptors (Lipinski definition) is 5. The lowest BCUT2D eigenvalue weighted by Gasteiger charge is -2.16. The molecular formula is C12H10IN5OS. The smallest absolute Gasteiger partial charge is 0.267 e. The molecule has 0 fully saturated rings. The molecule has 102 valence electrons. The summed E-state index contributed by atoms with van der Waals surface area (Å²) in [7, 11) is 1.82. The Balaban J connectivity index is 2.58. The van der Waals surface area contributed by atoms with Crippen molar-refractivity contribution >= 4 is 73.7 Å². The monoisotopic (exact) mass is 399 g/mol. The molecule has 0 spiro atoms. The lowest BCUT2D eigenvalue weighted by atomic mass is 10.1. The predicted octanol–water partition coefficient (Wildman–Crippen LogP) is 1.23. The van der Waals surface area contributed by atoms with Crippen molar-refractivity contribution in [2.75, 3.05) is 23.4 Å². The van der Waals surface area contributed by atoms with Crippen LogP contribution in [0.3, 0.4) is 0 Å². The van der Waals surface area contributed by atoms with Crippen LogP contribution >= 0.6 is 34.8 Å². The van der Waals surface area contributed by atoms with Gasteiger partial charge in [0.2, 0.25) is 0 Å². The Bertz CT molecular complexity index is 820. The highest BCUT2D eigenvalue weighted by Crippen LogP contribution is 2.46. The highest BCUT2D eigenvalue weighted by molar-refractivity contribution is 14.1. The summed E-state index contributed by atoms with van der Waals surface area (Å²) in [5.74, 6) is -0.617. The lowest BCUT2D eigenvalue weighted by molar-refractivity contribution is 0.0996. The minimum absolute atomic E-state index is 0.142. The average Bonchev–Trinajstić information content (AvgIpc) is 2.67. The molecule has 3 rings (SSSR count). The largest absolute Gasteiger partial charge is 0.396 e. The summed E-state index contributed by atoms with van der Waals surface area (Å²) in [6, 6.07) is 1.59. The number of primary amides is 1. The number of pyridine rings is 1. The zero-order valence-corrected chi connectivity index (χ0v) is 13.4. The summed E-state index contributed by atoms with van der Waals surface area (Å²) >= 11 is 7.46. The molecular weight excluding hydrogens is 389 g/mol. The van der Waals surface area contributed by atoms with E-state index in [9.17, 15) is 4.79 Å². The Morgan fingerprint density at radius 2 is 2.05 bits per heavy atom. The molecule has 8 heteroatoms. The molecule has 2 heterocycles. The van der Waals surface area contributed by atoms with Crippen LogP contribution in [0, 0.1) is 3.57 Å². The molecule has 6 N–H and O–H groups in total. The first-order valence-electron chi connectivity index (χ1n) is 5.63. The first-order chi connectivity index (χ1) is 9.34. The summed E-state index contributed by atoms with van der Waals surface area (Å²) in [4.78, 5) is 18.1. The zero-order chi connectivity index (χ0) is 14.8. The van der Waals surface area contributed by atoms with Gasteiger partial charge in [0.05, 0.1) is 26.1 Å². The molecule has 20 heavy (non-hydrogen) atoms. The van der Waals surface area contributed by atoms with E-state index in [4.69, 9.17) is 29.4 Å². The Morgan fingerprint density at radius 3 is 2.65 bits per heavy atom. The molecule has 2 aromatic rings. The summed E-state index contributed by atoms with van der Waals surface area (Å²) in [5, 5.41) is 0.776. The van der Waals surface area contributed by atoms with E-state index in [0.29, 0.717) is 31.0 Å². The fraction of sp³-hybridized carbons (Fsp3) is 0.0833. The number of rotatable bonds is 1. The third-order valence-corrected chi connectivity index (χ3v) is 5.02. The van der Waals surface area contributed by atoms with Crippen LogP contribution in [0.25, 0.3) is 10.9 Å². The third-order valence-electron chi connectivity index (χ3n) is 3.36. The van der Waals surface area contributed by atoms with Gasteiger partial charge in [0, 0.05) is 18.0 Å². The van der Waals surface area contributed by atoms with Crippen LogP contribution in [0.4, 0.5) is 17.1 Å². The predicted molar refractivity (Wildman–Crippen MR) is 91.9 cm³/mol. The quantitative estimate of drug-likeness (QED) is 0.378. The van der Waals surface area contributed by atoms with E-state index in [1.165, 1.54) is 0 Å². The van der Waals surface area contributed by atoms with Gasteiger partial charge < -0.3 is 22.1 Å². The third kappa shape index (κ3) is 1.51. The van der Waals surface area contributed by atoms with Crippen LogP contribution in [0.5, 0.6) is 0 Å². The van der Waals surface area contributed by atoms with Gasteiger partial charge in [-0.2, -0.15) is 0 Å². The number of halogens is 1. The van der Waals surface area contributed by atoms with Gasteiger partial charge in [-0.15, -0.1) is 0 Å². The highest BCUT2D eigenvalue weighted by Gasteiger charge is 2.31. The molecule has 0 radical (unpaired) electrons. The summed E-state index contributed by atoms with van der Waals surface area (Å²) in [6.07, 6.45) is 0. The number of carbonyl (C=O) groups is 1. The average molecular weight is 399 g/mol.